The van der Waals surface area contributed by atoms with Gasteiger partial charge in [-0.2, -0.15) is 0 Å². The van der Waals surface area contributed by atoms with Gasteiger partial charge in [0.25, 0.3) is 11.8 Å². The molecule has 0 aromatic heterocycles. The second kappa shape index (κ2) is 9.56. The highest BCUT2D eigenvalue weighted by Gasteiger charge is 2.16. The fourth-order valence-electron chi connectivity index (χ4n) is 2.69. The Balaban J connectivity index is 1.59. The van der Waals surface area contributed by atoms with Crippen LogP contribution in [0.15, 0.2) is 72.8 Å². The van der Waals surface area contributed by atoms with Gasteiger partial charge in [-0.25, -0.2) is 4.39 Å². The van der Waals surface area contributed by atoms with Crippen LogP contribution in [-0.4, -0.2) is 25.0 Å². The Kier molecular flexibility index (Phi) is 6.64. The second-order valence-electron chi connectivity index (χ2n) is 6.44. The van der Waals surface area contributed by atoms with E-state index in [2.05, 4.69) is 10.6 Å². The van der Waals surface area contributed by atoms with Crippen molar-refractivity contribution in [3.8, 4) is 11.5 Å². The third-order valence-electron chi connectivity index (χ3n) is 4.25. The Labute approximate surface area is 173 Å². The lowest BCUT2D eigenvalue weighted by Gasteiger charge is -2.15. The van der Waals surface area contributed by atoms with Crippen LogP contribution in [0.1, 0.15) is 17.3 Å². The molecule has 0 spiro atoms. The first-order chi connectivity index (χ1) is 14.5. The zero-order valence-corrected chi connectivity index (χ0v) is 16.5. The molecule has 7 heteroatoms. The fraction of sp³-hybridized carbons (Fsp3) is 0.130. The average Bonchev–Trinajstić information content (AvgIpc) is 2.74. The summed E-state index contributed by atoms with van der Waals surface area (Å²) in [6, 6.07) is 19.1. The molecule has 0 saturated carbocycles. The molecule has 0 aliphatic carbocycles. The maximum absolute atomic E-state index is 13.2. The molecule has 0 aliphatic heterocycles. The van der Waals surface area contributed by atoms with E-state index < -0.39 is 17.8 Å². The number of para-hydroxylation sites is 2. The van der Waals surface area contributed by atoms with Gasteiger partial charge in [0.05, 0.1) is 12.8 Å². The van der Waals surface area contributed by atoms with Gasteiger partial charge in [0.2, 0.25) is 0 Å². The molecule has 0 bridgehead atoms. The Hall–Kier alpha value is -3.87. The molecular weight excluding hydrogens is 387 g/mol. The first-order valence-corrected chi connectivity index (χ1v) is 9.24. The van der Waals surface area contributed by atoms with Gasteiger partial charge in [0.15, 0.2) is 6.10 Å². The van der Waals surface area contributed by atoms with Crippen LogP contribution in [0, 0.1) is 5.82 Å². The molecule has 3 aromatic rings. The largest absolute Gasteiger partial charge is 0.495 e. The number of rotatable bonds is 7. The van der Waals surface area contributed by atoms with Crippen LogP contribution in [0.5, 0.6) is 11.5 Å². The summed E-state index contributed by atoms with van der Waals surface area (Å²) in [5.74, 6) is -0.323. The summed E-state index contributed by atoms with van der Waals surface area (Å²) in [6.45, 7) is 1.56. The van der Waals surface area contributed by atoms with Gasteiger partial charge in [-0.05, 0) is 55.5 Å². The summed E-state index contributed by atoms with van der Waals surface area (Å²) in [4.78, 5) is 24.8. The van der Waals surface area contributed by atoms with Crippen molar-refractivity contribution in [2.75, 3.05) is 17.7 Å². The number of ether oxygens (including phenoxy) is 2. The molecule has 3 aromatic carbocycles. The van der Waals surface area contributed by atoms with Crippen molar-refractivity contribution in [3.05, 3.63) is 84.2 Å². The van der Waals surface area contributed by atoms with Gasteiger partial charge in [0.1, 0.15) is 17.3 Å². The van der Waals surface area contributed by atoms with E-state index >= 15 is 0 Å². The smallest absolute Gasteiger partial charge is 0.265 e. The molecule has 0 aliphatic rings. The SMILES string of the molecule is COc1ccccc1NC(=O)c1ccc(NC(=O)C(C)Oc2cccc(F)c2)cc1. The number of methoxy groups -OCH3 is 1. The third-order valence-corrected chi connectivity index (χ3v) is 4.25. The van der Waals surface area contributed by atoms with E-state index in [1.165, 1.54) is 25.3 Å². The number of carbonyl (C=O) groups is 2. The zero-order chi connectivity index (χ0) is 21.5. The predicted octanol–water partition coefficient (Wildman–Crippen LogP) is 4.49. The Morgan fingerprint density at radius 1 is 0.933 bits per heavy atom. The number of benzene rings is 3. The highest BCUT2D eigenvalue weighted by molar-refractivity contribution is 6.05. The number of hydrogen-bond acceptors (Lipinski definition) is 4. The van der Waals surface area contributed by atoms with E-state index in [0.29, 0.717) is 22.7 Å². The minimum absolute atomic E-state index is 0.265. The maximum atomic E-state index is 13.2. The molecular formula is C23H21FN2O4. The van der Waals surface area contributed by atoms with Crippen LogP contribution < -0.4 is 20.1 Å². The van der Waals surface area contributed by atoms with Gasteiger partial charge in [-0.3, -0.25) is 9.59 Å². The number of hydrogen-bond donors (Lipinski definition) is 2. The summed E-state index contributed by atoms with van der Waals surface area (Å²) in [6.07, 6.45) is -0.833. The standard InChI is InChI=1S/C23H21FN2O4/c1-15(30-19-7-5-6-17(24)14-19)22(27)25-18-12-10-16(11-13-18)23(28)26-20-8-3-4-9-21(20)29-2/h3-15H,1-2H3,(H,25,27)(H,26,28). The van der Waals surface area contributed by atoms with Crippen LogP contribution >= 0.6 is 0 Å². The van der Waals surface area contributed by atoms with Gasteiger partial charge in [0, 0.05) is 17.3 Å². The zero-order valence-electron chi connectivity index (χ0n) is 16.5. The van der Waals surface area contributed by atoms with Crippen molar-refractivity contribution in [1.82, 2.24) is 0 Å². The molecule has 0 fully saturated rings. The topological polar surface area (TPSA) is 76.7 Å². The lowest BCUT2D eigenvalue weighted by molar-refractivity contribution is -0.122. The minimum atomic E-state index is -0.833. The number of anilines is 2. The quantitative estimate of drug-likeness (QED) is 0.604. The molecule has 3 rings (SSSR count). The molecule has 0 saturated heterocycles. The Morgan fingerprint density at radius 2 is 1.67 bits per heavy atom. The van der Waals surface area contributed by atoms with Gasteiger partial charge in [-0.1, -0.05) is 18.2 Å². The van der Waals surface area contributed by atoms with Crippen molar-refractivity contribution < 1.29 is 23.5 Å². The summed E-state index contributed by atoms with van der Waals surface area (Å²) < 4.78 is 23.9. The van der Waals surface area contributed by atoms with E-state index in [1.54, 1.807) is 55.5 Å². The van der Waals surface area contributed by atoms with Crippen molar-refractivity contribution in [2.45, 2.75) is 13.0 Å². The monoisotopic (exact) mass is 408 g/mol. The van der Waals surface area contributed by atoms with Crippen molar-refractivity contribution in [2.24, 2.45) is 0 Å². The maximum Gasteiger partial charge on any atom is 0.265 e. The number of carbonyl (C=O) groups excluding carboxylic acids is 2. The summed E-state index contributed by atoms with van der Waals surface area (Å²) in [5.41, 5.74) is 1.48. The number of nitrogens with one attached hydrogen (secondary N) is 2. The Bertz CT molecular complexity index is 1040. The normalized spacial score (nSPS) is 11.3. The van der Waals surface area contributed by atoms with Crippen molar-refractivity contribution in [1.29, 1.82) is 0 Å². The molecule has 2 N–H and O–H groups in total. The first-order valence-electron chi connectivity index (χ1n) is 9.24. The molecule has 154 valence electrons. The lowest BCUT2D eigenvalue weighted by Crippen LogP contribution is -2.30. The molecule has 1 atom stereocenters. The average molecular weight is 408 g/mol. The van der Waals surface area contributed by atoms with E-state index in [9.17, 15) is 14.0 Å². The van der Waals surface area contributed by atoms with Crippen molar-refractivity contribution >= 4 is 23.2 Å². The van der Waals surface area contributed by atoms with Gasteiger partial charge in [-0.15, -0.1) is 0 Å². The lowest BCUT2D eigenvalue weighted by atomic mass is 10.2. The van der Waals surface area contributed by atoms with Gasteiger partial charge < -0.3 is 20.1 Å². The molecule has 0 heterocycles. The van der Waals surface area contributed by atoms with Gasteiger partial charge >= 0.3 is 0 Å². The van der Waals surface area contributed by atoms with Crippen LogP contribution in [0.4, 0.5) is 15.8 Å². The predicted molar refractivity (Wildman–Crippen MR) is 113 cm³/mol. The Morgan fingerprint density at radius 3 is 2.37 bits per heavy atom. The number of amides is 2. The van der Waals surface area contributed by atoms with E-state index in [0.717, 1.165) is 0 Å². The minimum Gasteiger partial charge on any atom is -0.495 e. The molecule has 1 unspecified atom stereocenters. The first kappa shape index (κ1) is 20.9. The van der Waals surface area contributed by atoms with E-state index in [4.69, 9.17) is 9.47 Å². The van der Waals surface area contributed by atoms with Crippen molar-refractivity contribution in [3.63, 3.8) is 0 Å². The summed E-state index contributed by atoms with van der Waals surface area (Å²) in [5, 5.41) is 5.49. The highest BCUT2D eigenvalue weighted by atomic mass is 19.1. The van der Waals surface area contributed by atoms with Crippen LogP contribution in [0.3, 0.4) is 0 Å². The highest BCUT2D eigenvalue weighted by Crippen LogP contribution is 2.24. The summed E-state index contributed by atoms with van der Waals surface area (Å²) >= 11 is 0. The third kappa shape index (κ3) is 5.35. The molecule has 0 radical (unpaired) electrons. The molecule has 30 heavy (non-hydrogen) atoms. The number of halogens is 1. The van der Waals surface area contributed by atoms with Crippen LogP contribution in [-0.2, 0) is 4.79 Å². The second-order valence-corrected chi connectivity index (χ2v) is 6.44. The summed E-state index contributed by atoms with van der Waals surface area (Å²) in [7, 11) is 1.53. The van der Waals surface area contributed by atoms with E-state index in [1.807, 2.05) is 6.07 Å². The van der Waals surface area contributed by atoms with E-state index in [-0.39, 0.29) is 11.7 Å². The molecule has 6 nitrogen and oxygen atoms in total. The van der Waals surface area contributed by atoms with Crippen LogP contribution in [0.25, 0.3) is 0 Å². The van der Waals surface area contributed by atoms with Crippen LogP contribution in [0.2, 0.25) is 0 Å². The fourth-order valence-corrected chi connectivity index (χ4v) is 2.69. The molecule has 2 amide bonds.